The Bertz CT molecular complexity index is 432. The molecule has 0 spiro atoms. The third-order valence-electron chi connectivity index (χ3n) is 3.48. The minimum atomic E-state index is -0.878. The van der Waals surface area contributed by atoms with Gasteiger partial charge in [0.25, 0.3) is 5.91 Å². The molecule has 2 N–H and O–H groups in total. The molecule has 2 aliphatic heterocycles. The Morgan fingerprint density at radius 3 is 2.67 bits per heavy atom. The van der Waals surface area contributed by atoms with Crippen LogP contribution >= 0.6 is 0 Å². The number of hydrazone groups is 1. The van der Waals surface area contributed by atoms with Crippen LogP contribution in [0.25, 0.3) is 0 Å². The maximum atomic E-state index is 12.1. The molecule has 2 unspecified atom stereocenters. The van der Waals surface area contributed by atoms with Crippen molar-refractivity contribution >= 4 is 23.5 Å². The maximum absolute atomic E-state index is 12.1. The van der Waals surface area contributed by atoms with Crippen molar-refractivity contribution < 1.29 is 19.5 Å². The first-order valence-corrected chi connectivity index (χ1v) is 5.90. The standard InChI is InChI=1S/C11H15N3O4/c1-6-7(11(17)18)4-5-14(6)10(16)8-2-3-9(15)13-12-8/h6-7H,2-5H2,1H3,(H,13,15)(H,17,18). The Labute approximate surface area is 104 Å². The zero-order chi connectivity index (χ0) is 13.3. The van der Waals surface area contributed by atoms with Gasteiger partial charge in [0.2, 0.25) is 5.91 Å². The summed E-state index contributed by atoms with van der Waals surface area (Å²) in [7, 11) is 0. The molecule has 7 heteroatoms. The van der Waals surface area contributed by atoms with Crippen molar-refractivity contribution in [3.05, 3.63) is 0 Å². The molecule has 18 heavy (non-hydrogen) atoms. The molecule has 2 aliphatic rings. The summed E-state index contributed by atoms with van der Waals surface area (Å²) < 4.78 is 0. The lowest BCUT2D eigenvalue weighted by Gasteiger charge is -2.24. The summed E-state index contributed by atoms with van der Waals surface area (Å²) in [6.45, 7) is 2.15. The predicted octanol–water partition coefficient (Wildman–Crippen LogP) is -0.426. The van der Waals surface area contributed by atoms with Crippen LogP contribution in [0.1, 0.15) is 26.2 Å². The third kappa shape index (κ3) is 2.20. The number of nitrogens with zero attached hydrogens (tertiary/aromatic N) is 2. The lowest BCUT2D eigenvalue weighted by Crippen LogP contribution is -2.43. The summed E-state index contributed by atoms with van der Waals surface area (Å²) in [6, 6.07) is -0.338. The van der Waals surface area contributed by atoms with Crippen LogP contribution in [-0.4, -0.2) is 46.1 Å². The van der Waals surface area contributed by atoms with Crippen molar-refractivity contribution in [1.29, 1.82) is 0 Å². The van der Waals surface area contributed by atoms with Crippen molar-refractivity contribution in [3.63, 3.8) is 0 Å². The monoisotopic (exact) mass is 253 g/mol. The van der Waals surface area contributed by atoms with E-state index < -0.39 is 11.9 Å². The maximum Gasteiger partial charge on any atom is 0.308 e. The van der Waals surface area contributed by atoms with E-state index in [0.29, 0.717) is 25.1 Å². The van der Waals surface area contributed by atoms with Gasteiger partial charge in [-0.2, -0.15) is 5.10 Å². The number of amides is 2. The summed E-state index contributed by atoms with van der Waals surface area (Å²) in [6.07, 6.45) is 1.02. The molecule has 0 aromatic rings. The number of nitrogens with one attached hydrogen (secondary N) is 1. The van der Waals surface area contributed by atoms with Crippen LogP contribution in [0.2, 0.25) is 0 Å². The van der Waals surface area contributed by atoms with Crippen LogP contribution in [0.3, 0.4) is 0 Å². The Morgan fingerprint density at radius 2 is 2.17 bits per heavy atom. The first-order chi connectivity index (χ1) is 8.50. The minimum absolute atomic E-state index is 0.204. The van der Waals surface area contributed by atoms with Gasteiger partial charge in [-0.05, 0) is 13.3 Å². The van der Waals surface area contributed by atoms with Crippen molar-refractivity contribution in [2.24, 2.45) is 11.0 Å². The number of rotatable bonds is 2. The highest BCUT2D eigenvalue weighted by Crippen LogP contribution is 2.25. The van der Waals surface area contributed by atoms with E-state index in [4.69, 9.17) is 5.11 Å². The Kier molecular flexibility index (Phi) is 3.31. The average molecular weight is 253 g/mol. The first kappa shape index (κ1) is 12.5. The van der Waals surface area contributed by atoms with Gasteiger partial charge >= 0.3 is 5.97 Å². The van der Waals surface area contributed by atoms with Crippen molar-refractivity contribution in [2.75, 3.05) is 6.54 Å². The highest BCUT2D eigenvalue weighted by Gasteiger charge is 2.39. The molecule has 1 fully saturated rings. The van der Waals surface area contributed by atoms with E-state index in [9.17, 15) is 14.4 Å². The summed E-state index contributed by atoms with van der Waals surface area (Å²) >= 11 is 0. The summed E-state index contributed by atoms with van der Waals surface area (Å²) in [5.74, 6) is -1.87. The van der Waals surface area contributed by atoms with Gasteiger partial charge < -0.3 is 10.0 Å². The van der Waals surface area contributed by atoms with E-state index in [1.807, 2.05) is 0 Å². The van der Waals surface area contributed by atoms with Gasteiger partial charge in [-0.25, -0.2) is 5.43 Å². The summed E-state index contributed by atoms with van der Waals surface area (Å²) in [5.41, 5.74) is 2.57. The zero-order valence-electron chi connectivity index (χ0n) is 10.0. The highest BCUT2D eigenvalue weighted by molar-refractivity contribution is 6.39. The van der Waals surface area contributed by atoms with Gasteiger partial charge in [0.15, 0.2) is 0 Å². The Morgan fingerprint density at radius 1 is 1.44 bits per heavy atom. The summed E-state index contributed by atoms with van der Waals surface area (Å²) in [4.78, 5) is 35.6. The molecule has 7 nitrogen and oxygen atoms in total. The van der Waals surface area contributed by atoms with E-state index >= 15 is 0 Å². The molecule has 2 atom stereocenters. The lowest BCUT2D eigenvalue weighted by molar-refractivity contribution is -0.142. The van der Waals surface area contributed by atoms with E-state index in [1.165, 1.54) is 4.90 Å². The first-order valence-electron chi connectivity index (χ1n) is 5.90. The van der Waals surface area contributed by atoms with Gasteiger partial charge in [-0.3, -0.25) is 14.4 Å². The van der Waals surface area contributed by atoms with Crippen molar-refractivity contribution in [3.8, 4) is 0 Å². The SMILES string of the molecule is CC1C(C(=O)O)CCN1C(=O)C1=NNC(=O)CC1. The molecule has 0 aromatic heterocycles. The smallest absolute Gasteiger partial charge is 0.308 e. The fourth-order valence-corrected chi connectivity index (χ4v) is 2.35. The molecular formula is C11H15N3O4. The van der Waals surface area contributed by atoms with Crippen LogP contribution in [0.4, 0.5) is 0 Å². The largest absolute Gasteiger partial charge is 0.481 e. The Hall–Kier alpha value is -1.92. The van der Waals surface area contributed by atoms with E-state index in [1.54, 1.807) is 6.92 Å². The molecule has 0 radical (unpaired) electrons. The number of carbonyl (C=O) groups excluding carboxylic acids is 2. The van der Waals surface area contributed by atoms with Gasteiger partial charge in [-0.1, -0.05) is 0 Å². The number of likely N-dealkylation sites (tertiary alicyclic amines) is 1. The second-order valence-corrected chi connectivity index (χ2v) is 4.57. The third-order valence-corrected chi connectivity index (χ3v) is 3.48. The fraction of sp³-hybridized carbons (Fsp3) is 0.636. The van der Waals surface area contributed by atoms with Crippen LogP contribution in [0.5, 0.6) is 0 Å². The van der Waals surface area contributed by atoms with Gasteiger partial charge in [0.1, 0.15) is 5.71 Å². The molecule has 1 saturated heterocycles. The molecular weight excluding hydrogens is 238 g/mol. The number of hydrogen-bond donors (Lipinski definition) is 2. The van der Waals surface area contributed by atoms with Crippen molar-refractivity contribution in [2.45, 2.75) is 32.2 Å². The van der Waals surface area contributed by atoms with E-state index in [-0.39, 0.29) is 24.3 Å². The second kappa shape index (κ2) is 4.75. The van der Waals surface area contributed by atoms with Crippen LogP contribution in [0, 0.1) is 5.92 Å². The van der Waals surface area contributed by atoms with Crippen LogP contribution < -0.4 is 5.43 Å². The van der Waals surface area contributed by atoms with Gasteiger partial charge in [0.05, 0.1) is 5.92 Å². The lowest BCUT2D eigenvalue weighted by atomic mass is 10.0. The summed E-state index contributed by atoms with van der Waals surface area (Å²) in [5, 5.41) is 12.7. The fourth-order valence-electron chi connectivity index (χ4n) is 2.35. The molecule has 98 valence electrons. The topological polar surface area (TPSA) is 99.1 Å². The number of aliphatic carboxylic acids is 1. The second-order valence-electron chi connectivity index (χ2n) is 4.57. The molecule has 2 amide bonds. The van der Waals surface area contributed by atoms with E-state index in [2.05, 4.69) is 10.5 Å². The zero-order valence-corrected chi connectivity index (χ0v) is 10.0. The van der Waals surface area contributed by atoms with Gasteiger partial charge in [0, 0.05) is 25.4 Å². The number of hydrogen-bond acceptors (Lipinski definition) is 4. The van der Waals surface area contributed by atoms with Gasteiger partial charge in [-0.15, -0.1) is 0 Å². The molecule has 2 heterocycles. The molecule has 0 bridgehead atoms. The molecule has 0 aromatic carbocycles. The quantitative estimate of drug-likeness (QED) is 0.697. The normalized spacial score (nSPS) is 27.7. The van der Waals surface area contributed by atoms with E-state index in [0.717, 1.165) is 0 Å². The average Bonchev–Trinajstić information content (AvgIpc) is 2.71. The molecule has 0 aliphatic carbocycles. The predicted molar refractivity (Wildman–Crippen MR) is 61.7 cm³/mol. The van der Waals surface area contributed by atoms with Crippen LogP contribution in [-0.2, 0) is 14.4 Å². The number of carboxylic acid groups (broad SMARTS) is 1. The molecule has 0 saturated carbocycles. The Balaban J connectivity index is 2.07. The van der Waals surface area contributed by atoms with Crippen molar-refractivity contribution in [1.82, 2.24) is 10.3 Å². The molecule has 2 rings (SSSR count). The minimum Gasteiger partial charge on any atom is -0.481 e. The number of carbonyl (C=O) groups is 3. The highest BCUT2D eigenvalue weighted by atomic mass is 16.4. The number of carboxylic acids is 1. The van der Waals surface area contributed by atoms with Crippen LogP contribution in [0.15, 0.2) is 5.10 Å².